The molecule has 0 bridgehead atoms. The van der Waals surface area contributed by atoms with Gasteiger partial charge >= 0.3 is 17.9 Å². The summed E-state index contributed by atoms with van der Waals surface area (Å²) in [5.41, 5.74) is 0. The second-order valence-corrected chi connectivity index (χ2v) is 16.8. The molecule has 0 heterocycles. The quantitative estimate of drug-likeness (QED) is 0.0199. The van der Waals surface area contributed by atoms with Crippen molar-refractivity contribution in [2.75, 3.05) is 13.2 Å². The van der Waals surface area contributed by atoms with E-state index in [9.17, 15) is 14.4 Å². The zero-order chi connectivity index (χ0) is 47.9. The van der Waals surface area contributed by atoms with Gasteiger partial charge in [-0.3, -0.25) is 14.4 Å². The first kappa shape index (κ1) is 61.5. The van der Waals surface area contributed by atoms with Crippen LogP contribution in [-0.4, -0.2) is 37.2 Å². The number of hydrogen-bond donors (Lipinski definition) is 0. The summed E-state index contributed by atoms with van der Waals surface area (Å²) in [5, 5.41) is 0. The molecule has 0 N–H and O–H groups in total. The van der Waals surface area contributed by atoms with Crippen LogP contribution in [0, 0.1) is 0 Å². The Hall–Kier alpha value is -4.45. The molecule has 0 aliphatic rings. The van der Waals surface area contributed by atoms with Crippen LogP contribution in [0.5, 0.6) is 0 Å². The lowest BCUT2D eigenvalue weighted by molar-refractivity contribution is -0.167. The van der Waals surface area contributed by atoms with Crippen molar-refractivity contribution in [3.63, 3.8) is 0 Å². The van der Waals surface area contributed by atoms with E-state index in [0.29, 0.717) is 19.3 Å². The van der Waals surface area contributed by atoms with Gasteiger partial charge in [0.25, 0.3) is 0 Å². The zero-order valence-electron chi connectivity index (χ0n) is 42.1. The highest BCUT2D eigenvalue weighted by Gasteiger charge is 2.19. The van der Waals surface area contributed by atoms with Crippen molar-refractivity contribution >= 4 is 17.9 Å². The highest BCUT2D eigenvalue weighted by molar-refractivity contribution is 5.71. The highest BCUT2D eigenvalue weighted by Crippen LogP contribution is 2.13. The molecule has 0 saturated carbocycles. The summed E-state index contributed by atoms with van der Waals surface area (Å²) in [6, 6.07) is 0. The largest absolute Gasteiger partial charge is 0.462 e. The van der Waals surface area contributed by atoms with E-state index in [1.54, 1.807) is 0 Å². The van der Waals surface area contributed by atoms with Gasteiger partial charge < -0.3 is 14.2 Å². The van der Waals surface area contributed by atoms with E-state index >= 15 is 0 Å². The number of esters is 3. The number of rotatable bonds is 45. The lowest BCUT2D eigenvalue weighted by Crippen LogP contribution is -2.30. The van der Waals surface area contributed by atoms with Crippen molar-refractivity contribution in [3.8, 4) is 0 Å². The Morgan fingerprint density at radius 1 is 0.318 bits per heavy atom. The van der Waals surface area contributed by atoms with Crippen LogP contribution in [0.4, 0.5) is 0 Å². The first-order valence-corrected chi connectivity index (χ1v) is 26.3. The van der Waals surface area contributed by atoms with E-state index in [1.165, 1.54) is 38.5 Å². The van der Waals surface area contributed by atoms with Gasteiger partial charge in [-0.1, -0.05) is 219 Å². The lowest BCUT2D eigenvalue weighted by Gasteiger charge is -2.18. The van der Waals surface area contributed by atoms with Crippen LogP contribution in [-0.2, 0) is 28.6 Å². The Bertz CT molecular complexity index is 1460. The molecular formula is C60H94O6. The smallest absolute Gasteiger partial charge is 0.306 e. The maximum absolute atomic E-state index is 12.8. The third kappa shape index (κ3) is 50.5. The summed E-state index contributed by atoms with van der Waals surface area (Å²) in [7, 11) is 0. The maximum Gasteiger partial charge on any atom is 0.306 e. The SMILES string of the molecule is CC\C=C/C=C\C=C/C=C\C=C/CCCCCC(=O)OC(COC(=O)CCCCCCCC/C=C\C/C=C\C/C=C\C/C=C\CC)COC(=O)CCCCCCCCC/C=C\C/C=C\CC. The number of carbonyl (C=O) groups excluding carboxylic acids is 3. The van der Waals surface area contributed by atoms with Crippen molar-refractivity contribution in [1.82, 2.24) is 0 Å². The van der Waals surface area contributed by atoms with Gasteiger partial charge in [-0.05, 0) is 103 Å². The molecule has 370 valence electrons. The van der Waals surface area contributed by atoms with Crippen LogP contribution in [0.1, 0.15) is 207 Å². The number of carbonyl (C=O) groups is 3. The molecule has 0 saturated heterocycles. The minimum Gasteiger partial charge on any atom is -0.462 e. The molecule has 0 aromatic rings. The van der Waals surface area contributed by atoms with Gasteiger partial charge in [0.15, 0.2) is 6.10 Å². The van der Waals surface area contributed by atoms with Crippen LogP contribution in [0.15, 0.2) is 134 Å². The fourth-order valence-electron chi connectivity index (χ4n) is 6.67. The van der Waals surface area contributed by atoms with Crippen LogP contribution >= 0.6 is 0 Å². The van der Waals surface area contributed by atoms with Gasteiger partial charge in [0.2, 0.25) is 0 Å². The summed E-state index contributed by atoms with van der Waals surface area (Å²) in [4.78, 5) is 38.0. The predicted octanol–water partition coefficient (Wildman–Crippen LogP) is 17.5. The summed E-state index contributed by atoms with van der Waals surface area (Å²) in [5.74, 6) is -0.982. The number of unbranched alkanes of at least 4 members (excludes halogenated alkanes) is 16. The van der Waals surface area contributed by atoms with E-state index in [0.717, 1.165) is 122 Å². The molecule has 6 nitrogen and oxygen atoms in total. The van der Waals surface area contributed by atoms with Crippen molar-refractivity contribution in [1.29, 1.82) is 0 Å². The Labute approximate surface area is 405 Å². The van der Waals surface area contributed by atoms with Gasteiger partial charge in [0.1, 0.15) is 13.2 Å². The van der Waals surface area contributed by atoms with Crippen molar-refractivity contribution in [2.24, 2.45) is 0 Å². The van der Waals surface area contributed by atoms with E-state index in [1.807, 2.05) is 48.6 Å². The summed E-state index contributed by atoms with van der Waals surface area (Å²) in [6.45, 7) is 6.20. The highest BCUT2D eigenvalue weighted by atomic mass is 16.6. The number of hydrogen-bond acceptors (Lipinski definition) is 6. The Morgan fingerprint density at radius 3 is 1.05 bits per heavy atom. The Kier molecular flexibility index (Phi) is 49.6. The first-order chi connectivity index (χ1) is 32.5. The average molecular weight is 911 g/mol. The van der Waals surface area contributed by atoms with E-state index < -0.39 is 6.10 Å². The molecule has 1 unspecified atom stereocenters. The summed E-state index contributed by atoms with van der Waals surface area (Å²) >= 11 is 0. The Balaban J connectivity index is 4.51. The van der Waals surface area contributed by atoms with E-state index in [2.05, 4.69) is 106 Å². The molecule has 0 spiro atoms. The van der Waals surface area contributed by atoms with Crippen LogP contribution in [0.25, 0.3) is 0 Å². The minimum atomic E-state index is -0.815. The standard InChI is InChI=1S/C60H94O6/c1-4-7-10-13-16-19-22-25-28-29-30-31-33-35-38-41-44-47-50-53-59(62)65-56-57(55-64-58(61)52-49-46-43-40-37-34-27-24-21-18-15-12-9-6-3)66-60(63)54-51-48-45-42-39-36-32-26-23-20-17-14-11-8-5-2/h7-12,14,16-21,23,25-26,28,30-32,36,39,57H,4-6,13,15,22,24,27,29,33-35,37-38,40-56H2,1-3H3/b10-7-,11-8-,12-9-,17-14-,19-16-,21-18-,23-20-,28-25-,31-30-,32-26-,39-36-. The van der Waals surface area contributed by atoms with Crippen molar-refractivity contribution in [3.05, 3.63) is 134 Å². The summed E-state index contributed by atoms with van der Waals surface area (Å²) in [6.07, 6.45) is 74.3. The second-order valence-electron chi connectivity index (χ2n) is 16.8. The molecule has 66 heavy (non-hydrogen) atoms. The molecule has 0 aliphatic heterocycles. The third-order valence-corrected chi connectivity index (χ3v) is 10.5. The number of ether oxygens (including phenoxy) is 3. The van der Waals surface area contributed by atoms with Gasteiger partial charge in [-0.15, -0.1) is 0 Å². The fraction of sp³-hybridized carbons (Fsp3) is 0.583. The van der Waals surface area contributed by atoms with Gasteiger partial charge in [-0.2, -0.15) is 0 Å². The average Bonchev–Trinajstić information content (AvgIpc) is 3.31. The molecule has 0 fully saturated rings. The first-order valence-electron chi connectivity index (χ1n) is 26.3. The van der Waals surface area contributed by atoms with E-state index in [-0.39, 0.29) is 37.5 Å². The molecule has 0 radical (unpaired) electrons. The molecule has 0 aliphatic carbocycles. The zero-order valence-corrected chi connectivity index (χ0v) is 42.1. The normalized spacial score (nSPS) is 13.2. The molecule has 6 heteroatoms. The monoisotopic (exact) mass is 911 g/mol. The summed E-state index contributed by atoms with van der Waals surface area (Å²) < 4.78 is 16.8. The van der Waals surface area contributed by atoms with Gasteiger partial charge in [0.05, 0.1) is 0 Å². The maximum atomic E-state index is 12.8. The molecule has 0 aromatic heterocycles. The van der Waals surface area contributed by atoms with Crippen molar-refractivity contribution < 1.29 is 28.6 Å². The van der Waals surface area contributed by atoms with Gasteiger partial charge in [0, 0.05) is 19.3 Å². The van der Waals surface area contributed by atoms with Crippen LogP contribution in [0.3, 0.4) is 0 Å². The Morgan fingerprint density at radius 2 is 0.621 bits per heavy atom. The minimum absolute atomic E-state index is 0.109. The number of allylic oxidation sites excluding steroid dienone is 22. The second kappa shape index (κ2) is 53.2. The topological polar surface area (TPSA) is 78.9 Å². The fourth-order valence-corrected chi connectivity index (χ4v) is 6.67. The molecule has 0 aromatic carbocycles. The predicted molar refractivity (Wildman–Crippen MR) is 283 cm³/mol. The lowest BCUT2D eigenvalue weighted by atomic mass is 10.1. The molecule has 0 amide bonds. The molecule has 1 atom stereocenters. The van der Waals surface area contributed by atoms with Gasteiger partial charge in [-0.25, -0.2) is 0 Å². The molecular weight excluding hydrogens is 817 g/mol. The van der Waals surface area contributed by atoms with Crippen molar-refractivity contribution in [2.45, 2.75) is 213 Å². The van der Waals surface area contributed by atoms with Crippen LogP contribution in [0.2, 0.25) is 0 Å². The third-order valence-electron chi connectivity index (χ3n) is 10.5. The van der Waals surface area contributed by atoms with Crippen LogP contribution < -0.4 is 0 Å². The van der Waals surface area contributed by atoms with E-state index in [4.69, 9.17) is 14.2 Å². The molecule has 0 rings (SSSR count).